The number of rotatable bonds is 6. The Morgan fingerprint density at radius 3 is 1.04 bits per heavy atom. The zero-order valence-corrected chi connectivity index (χ0v) is 24.8. The molecule has 4 amide bonds. The van der Waals surface area contributed by atoms with Crippen LogP contribution in [-0.4, -0.2) is 45.8 Å². The van der Waals surface area contributed by atoms with E-state index in [-0.39, 0.29) is 57.6 Å². The van der Waals surface area contributed by atoms with Crippen LogP contribution in [0.3, 0.4) is 0 Å². The minimum Gasteiger partial charge on any atom is -0.270 e. The van der Waals surface area contributed by atoms with E-state index in [1.165, 1.54) is 38.1 Å². The molecule has 12 heteroatoms. The number of nitrogens with zero attached hydrogens (tertiary/aromatic N) is 2. The number of alkyl halides is 6. The van der Waals surface area contributed by atoms with Gasteiger partial charge in [0, 0.05) is 0 Å². The Morgan fingerprint density at radius 2 is 0.787 bits per heavy atom. The number of aryl methyl sites for hydroxylation is 2. The topological polar surface area (TPSA) is 74.8 Å². The lowest BCUT2D eigenvalue weighted by atomic mass is 9.71. The predicted octanol–water partition coefficient (Wildman–Crippen LogP) is 7.31. The number of fused-ring (bicyclic) bond motifs is 2. The van der Waals surface area contributed by atoms with E-state index in [0.717, 1.165) is 34.1 Å². The van der Waals surface area contributed by atoms with E-state index in [4.69, 9.17) is 0 Å². The first kappa shape index (κ1) is 31.7. The Hall–Kier alpha value is -5.26. The molecule has 0 fully saturated rings. The minimum absolute atomic E-state index is 0.0101. The number of imide groups is 2. The summed E-state index contributed by atoms with van der Waals surface area (Å²) in [5.74, 6) is -2.48. The summed E-state index contributed by atoms with van der Waals surface area (Å²) >= 11 is 0. The summed E-state index contributed by atoms with van der Waals surface area (Å²) in [6.45, 7) is 1.92. The van der Waals surface area contributed by atoms with E-state index in [9.17, 15) is 45.5 Å². The van der Waals surface area contributed by atoms with Crippen LogP contribution in [0, 0.1) is 13.8 Å². The van der Waals surface area contributed by atoms with Crippen LogP contribution in [0.5, 0.6) is 0 Å². The van der Waals surface area contributed by atoms with Crippen molar-refractivity contribution in [2.45, 2.75) is 44.7 Å². The summed E-state index contributed by atoms with van der Waals surface area (Å²) < 4.78 is 89.7. The van der Waals surface area contributed by atoms with E-state index in [0.29, 0.717) is 12.1 Å². The molecule has 2 heterocycles. The van der Waals surface area contributed by atoms with Crippen LogP contribution in [0.4, 0.5) is 26.3 Å². The average molecular weight is 651 g/mol. The Kier molecular flexibility index (Phi) is 7.37. The van der Waals surface area contributed by atoms with Gasteiger partial charge < -0.3 is 0 Å². The number of hydrogen-bond acceptors (Lipinski definition) is 4. The van der Waals surface area contributed by atoms with Crippen LogP contribution in [-0.2, 0) is 18.5 Å². The van der Waals surface area contributed by atoms with Crippen molar-refractivity contribution in [1.82, 2.24) is 9.80 Å². The van der Waals surface area contributed by atoms with Gasteiger partial charge in [0.2, 0.25) is 5.41 Å². The molecule has 0 aromatic heterocycles. The van der Waals surface area contributed by atoms with Crippen molar-refractivity contribution in [3.63, 3.8) is 0 Å². The van der Waals surface area contributed by atoms with Gasteiger partial charge in [-0.2, -0.15) is 26.3 Å². The fourth-order valence-electron chi connectivity index (χ4n) is 6.30. The van der Waals surface area contributed by atoms with Crippen molar-refractivity contribution in [3.8, 4) is 0 Å². The smallest absolute Gasteiger partial charge is 0.270 e. The fourth-order valence-corrected chi connectivity index (χ4v) is 6.30. The van der Waals surface area contributed by atoms with Crippen molar-refractivity contribution in [3.05, 3.63) is 141 Å². The summed E-state index contributed by atoms with van der Waals surface area (Å²) in [5, 5.41) is 0. The second-order valence-electron chi connectivity index (χ2n) is 11.5. The quantitative estimate of drug-likeness (QED) is 0.162. The highest BCUT2D eigenvalue weighted by Crippen LogP contribution is 2.56. The van der Waals surface area contributed by atoms with Crippen molar-refractivity contribution in [2.24, 2.45) is 0 Å². The summed E-state index contributed by atoms with van der Waals surface area (Å²) in [7, 11) is 0. The van der Waals surface area contributed by atoms with Crippen molar-refractivity contribution in [2.75, 3.05) is 0 Å². The zero-order valence-electron chi connectivity index (χ0n) is 24.8. The highest BCUT2D eigenvalue weighted by molar-refractivity contribution is 6.22. The average Bonchev–Trinajstić information content (AvgIpc) is 3.39. The van der Waals surface area contributed by atoms with Gasteiger partial charge in [-0.3, -0.25) is 29.0 Å². The Bertz CT molecular complexity index is 1790. The normalized spacial score (nSPS) is 15.1. The molecule has 240 valence electrons. The lowest BCUT2D eigenvalue weighted by Crippen LogP contribution is -2.54. The van der Waals surface area contributed by atoms with Gasteiger partial charge in [-0.05, 0) is 71.5 Å². The molecule has 4 aromatic rings. The van der Waals surface area contributed by atoms with Crippen LogP contribution in [0.2, 0.25) is 0 Å². The molecule has 0 atom stereocenters. The summed E-state index contributed by atoms with van der Waals surface area (Å²) in [6.07, 6.45) is -11.7. The predicted molar refractivity (Wildman–Crippen MR) is 157 cm³/mol. The summed E-state index contributed by atoms with van der Waals surface area (Å²) in [5.41, 5.74) is -5.65. The van der Waals surface area contributed by atoms with Gasteiger partial charge in [0.05, 0.1) is 35.3 Å². The van der Waals surface area contributed by atoms with E-state index in [1.807, 2.05) is 0 Å². The number of halogens is 6. The first-order valence-electron chi connectivity index (χ1n) is 14.3. The Labute approximate surface area is 264 Å². The molecular formula is C35H24F6N2O4. The van der Waals surface area contributed by atoms with Gasteiger partial charge in [-0.15, -0.1) is 0 Å². The van der Waals surface area contributed by atoms with Crippen molar-refractivity contribution >= 4 is 23.6 Å². The standard InChI is InChI=1S/C35H24F6N2O4/c1-19-15-23(13-11-21(19)17-42-29(44)25-7-3-4-8-26(25)30(42)45)33(34(36,37)38,35(39,40)41)24-14-12-22(20(2)16-24)18-43-31(46)27-9-5-6-10-28(27)32(43)47/h3-16H,17-18H2,1-2H3. The molecule has 0 saturated carbocycles. The van der Waals surface area contributed by atoms with Crippen LogP contribution in [0.25, 0.3) is 0 Å². The first-order chi connectivity index (χ1) is 22.1. The Balaban J connectivity index is 1.37. The monoisotopic (exact) mass is 650 g/mol. The molecule has 6 rings (SSSR count). The molecule has 4 aromatic carbocycles. The van der Waals surface area contributed by atoms with Crippen molar-refractivity contribution in [1.29, 1.82) is 0 Å². The third kappa shape index (κ3) is 4.81. The SMILES string of the molecule is Cc1cc(C(c2ccc(CN3C(=O)c4ccccc4C3=O)c(C)c2)(C(F)(F)F)C(F)(F)F)ccc1CN1C(=O)c2ccccc2C1=O. The lowest BCUT2D eigenvalue weighted by molar-refractivity contribution is -0.288. The number of benzene rings is 4. The largest absolute Gasteiger partial charge is 0.411 e. The molecule has 0 N–H and O–H groups in total. The molecule has 47 heavy (non-hydrogen) atoms. The molecule has 0 spiro atoms. The second-order valence-corrected chi connectivity index (χ2v) is 11.5. The third-order valence-electron chi connectivity index (χ3n) is 8.81. The van der Waals surface area contributed by atoms with Crippen LogP contribution >= 0.6 is 0 Å². The number of carbonyl (C=O) groups is 4. The minimum atomic E-state index is -5.86. The van der Waals surface area contributed by atoms with Crippen molar-refractivity contribution < 1.29 is 45.5 Å². The molecule has 0 radical (unpaired) electrons. The zero-order chi connectivity index (χ0) is 34.1. The van der Waals surface area contributed by atoms with Crippen LogP contribution < -0.4 is 0 Å². The van der Waals surface area contributed by atoms with E-state index >= 15 is 0 Å². The Morgan fingerprint density at radius 1 is 0.489 bits per heavy atom. The van der Waals surface area contributed by atoms with E-state index in [1.54, 1.807) is 24.3 Å². The maximum atomic E-state index is 15.0. The highest BCUT2D eigenvalue weighted by atomic mass is 19.4. The van der Waals surface area contributed by atoms with Gasteiger partial charge in [-0.25, -0.2) is 0 Å². The molecule has 2 aliphatic heterocycles. The van der Waals surface area contributed by atoms with Gasteiger partial charge in [0.15, 0.2) is 0 Å². The highest BCUT2D eigenvalue weighted by Gasteiger charge is 2.72. The number of hydrogen-bond donors (Lipinski definition) is 0. The van der Waals surface area contributed by atoms with E-state index in [2.05, 4.69) is 0 Å². The van der Waals surface area contributed by atoms with E-state index < -0.39 is 52.5 Å². The van der Waals surface area contributed by atoms with Gasteiger partial charge in [-0.1, -0.05) is 60.7 Å². The molecule has 0 saturated heterocycles. The number of amides is 4. The summed E-state index contributed by atoms with van der Waals surface area (Å²) in [4.78, 5) is 53.1. The van der Waals surface area contributed by atoms with Gasteiger partial charge in [0.1, 0.15) is 0 Å². The lowest BCUT2D eigenvalue weighted by Gasteiger charge is -2.39. The molecule has 0 bridgehead atoms. The van der Waals surface area contributed by atoms with Gasteiger partial charge in [0.25, 0.3) is 23.6 Å². The van der Waals surface area contributed by atoms with Crippen LogP contribution in [0.15, 0.2) is 84.9 Å². The van der Waals surface area contributed by atoms with Gasteiger partial charge >= 0.3 is 12.4 Å². The molecule has 6 nitrogen and oxygen atoms in total. The maximum Gasteiger partial charge on any atom is 0.411 e. The molecule has 2 aliphatic rings. The molecule has 0 aliphatic carbocycles. The molecular weight excluding hydrogens is 626 g/mol. The first-order valence-corrected chi connectivity index (χ1v) is 14.3. The fraction of sp³-hybridized carbons (Fsp3) is 0.200. The summed E-state index contributed by atoms with van der Waals surface area (Å²) in [6, 6.07) is 17.2. The molecule has 0 unspecified atom stereocenters. The maximum absolute atomic E-state index is 15.0. The number of carbonyl (C=O) groups excluding carboxylic acids is 4. The third-order valence-corrected chi connectivity index (χ3v) is 8.81. The second kappa shape index (κ2) is 10.9. The van der Waals surface area contributed by atoms with Crippen LogP contribution in [0.1, 0.15) is 74.8 Å².